The van der Waals surface area contributed by atoms with Gasteiger partial charge in [0.25, 0.3) is 5.91 Å². The SMILES string of the molecule is Cc1occc1C(=O)O[C@H](C)C(=O)Nc1cc(F)ccc1F. The number of hydrogen-bond acceptors (Lipinski definition) is 4. The summed E-state index contributed by atoms with van der Waals surface area (Å²) in [7, 11) is 0. The van der Waals surface area contributed by atoms with Gasteiger partial charge in [-0.05, 0) is 32.0 Å². The molecule has 7 heteroatoms. The van der Waals surface area contributed by atoms with Gasteiger partial charge >= 0.3 is 5.97 Å². The highest BCUT2D eigenvalue weighted by Crippen LogP contribution is 2.16. The fourth-order valence-corrected chi connectivity index (χ4v) is 1.70. The first kappa shape index (κ1) is 15.7. The minimum atomic E-state index is -1.19. The van der Waals surface area contributed by atoms with Crippen LogP contribution >= 0.6 is 0 Å². The van der Waals surface area contributed by atoms with Crippen molar-refractivity contribution < 1.29 is 27.5 Å². The number of nitrogens with one attached hydrogen (secondary N) is 1. The van der Waals surface area contributed by atoms with E-state index in [2.05, 4.69) is 5.32 Å². The van der Waals surface area contributed by atoms with Gasteiger partial charge in [-0.25, -0.2) is 13.6 Å². The molecule has 1 aromatic carbocycles. The lowest BCUT2D eigenvalue weighted by Gasteiger charge is -2.13. The molecule has 0 bridgehead atoms. The molecule has 0 saturated heterocycles. The van der Waals surface area contributed by atoms with Gasteiger partial charge in [0, 0.05) is 6.07 Å². The third-order valence-electron chi connectivity index (χ3n) is 2.92. The maximum Gasteiger partial charge on any atom is 0.342 e. The molecule has 0 aliphatic heterocycles. The van der Waals surface area contributed by atoms with Gasteiger partial charge in [0.15, 0.2) is 6.10 Å². The lowest BCUT2D eigenvalue weighted by atomic mass is 10.2. The third-order valence-corrected chi connectivity index (χ3v) is 2.92. The molecule has 0 unspecified atom stereocenters. The maximum absolute atomic E-state index is 13.4. The molecular weight excluding hydrogens is 296 g/mol. The number of furan rings is 1. The Morgan fingerprint density at radius 2 is 2.00 bits per heavy atom. The predicted octanol–water partition coefficient (Wildman–Crippen LogP) is 3.05. The second-order valence-corrected chi connectivity index (χ2v) is 4.55. The third kappa shape index (κ3) is 3.49. The van der Waals surface area contributed by atoms with Crippen LogP contribution in [0, 0.1) is 18.6 Å². The number of amides is 1. The van der Waals surface area contributed by atoms with E-state index < -0.39 is 29.6 Å². The van der Waals surface area contributed by atoms with Crippen molar-refractivity contribution in [2.75, 3.05) is 5.32 Å². The van der Waals surface area contributed by atoms with E-state index in [-0.39, 0.29) is 11.3 Å². The molecule has 2 rings (SSSR count). The highest BCUT2D eigenvalue weighted by atomic mass is 19.1. The Labute approximate surface area is 124 Å². The molecule has 1 heterocycles. The monoisotopic (exact) mass is 309 g/mol. The van der Waals surface area contributed by atoms with Crippen LogP contribution < -0.4 is 5.32 Å². The van der Waals surface area contributed by atoms with Gasteiger partial charge in [-0.1, -0.05) is 0 Å². The molecule has 22 heavy (non-hydrogen) atoms. The van der Waals surface area contributed by atoms with Crippen molar-refractivity contribution in [2.45, 2.75) is 20.0 Å². The molecule has 0 fully saturated rings. The molecule has 0 spiro atoms. The van der Waals surface area contributed by atoms with Gasteiger partial charge in [0.1, 0.15) is 23.0 Å². The fraction of sp³-hybridized carbons (Fsp3) is 0.200. The normalized spacial score (nSPS) is 11.8. The number of hydrogen-bond donors (Lipinski definition) is 1. The summed E-state index contributed by atoms with van der Waals surface area (Å²) in [5.74, 6) is -2.66. The molecule has 2 aromatic rings. The fourth-order valence-electron chi connectivity index (χ4n) is 1.70. The van der Waals surface area contributed by atoms with Crippen molar-refractivity contribution in [3.8, 4) is 0 Å². The van der Waals surface area contributed by atoms with Gasteiger partial charge in [-0.3, -0.25) is 4.79 Å². The van der Waals surface area contributed by atoms with Crippen molar-refractivity contribution >= 4 is 17.6 Å². The number of aryl methyl sites for hydroxylation is 1. The summed E-state index contributed by atoms with van der Waals surface area (Å²) in [4.78, 5) is 23.7. The number of carbonyl (C=O) groups excluding carboxylic acids is 2. The smallest absolute Gasteiger partial charge is 0.342 e. The molecule has 5 nitrogen and oxygen atoms in total. The Balaban J connectivity index is 2.02. The second-order valence-electron chi connectivity index (χ2n) is 4.55. The van der Waals surface area contributed by atoms with Crippen molar-refractivity contribution in [2.24, 2.45) is 0 Å². The van der Waals surface area contributed by atoms with Crippen LogP contribution in [0.25, 0.3) is 0 Å². The summed E-state index contributed by atoms with van der Waals surface area (Å²) in [6, 6.07) is 4.06. The second kappa shape index (κ2) is 6.38. The Bertz CT molecular complexity index is 711. The van der Waals surface area contributed by atoms with Crippen LogP contribution in [0.5, 0.6) is 0 Å². The highest BCUT2D eigenvalue weighted by Gasteiger charge is 2.22. The molecule has 0 radical (unpaired) electrons. The van der Waals surface area contributed by atoms with E-state index in [0.29, 0.717) is 5.76 Å². The summed E-state index contributed by atoms with van der Waals surface area (Å²) in [6.45, 7) is 2.89. The molecule has 116 valence electrons. The molecule has 1 amide bonds. The number of ether oxygens (including phenoxy) is 1. The number of rotatable bonds is 4. The van der Waals surface area contributed by atoms with Crippen LogP contribution in [0.4, 0.5) is 14.5 Å². The van der Waals surface area contributed by atoms with Crippen LogP contribution in [0.1, 0.15) is 23.0 Å². The van der Waals surface area contributed by atoms with E-state index in [0.717, 1.165) is 18.2 Å². The van der Waals surface area contributed by atoms with Crippen molar-refractivity contribution in [3.05, 3.63) is 53.5 Å². The van der Waals surface area contributed by atoms with Crippen LogP contribution in [0.3, 0.4) is 0 Å². The largest absolute Gasteiger partial charge is 0.469 e. The standard InChI is InChI=1S/C15H13F2NO4/c1-8-11(5-6-21-8)15(20)22-9(2)14(19)18-13-7-10(16)3-4-12(13)17/h3-7,9H,1-2H3,(H,18,19)/t9-/m1/s1. The summed E-state index contributed by atoms with van der Waals surface area (Å²) in [6.07, 6.45) is 0.128. The number of halogens is 2. The van der Waals surface area contributed by atoms with Crippen molar-refractivity contribution in [1.82, 2.24) is 0 Å². The lowest BCUT2D eigenvalue weighted by molar-refractivity contribution is -0.123. The zero-order chi connectivity index (χ0) is 16.3. The molecule has 1 N–H and O–H groups in total. The molecular formula is C15H13F2NO4. The summed E-state index contributed by atoms with van der Waals surface area (Å²) in [5, 5.41) is 2.16. The van der Waals surface area contributed by atoms with Gasteiger partial charge in [0.05, 0.1) is 12.0 Å². The lowest BCUT2D eigenvalue weighted by Crippen LogP contribution is -2.30. The topological polar surface area (TPSA) is 68.5 Å². The quantitative estimate of drug-likeness (QED) is 0.881. The first-order valence-corrected chi connectivity index (χ1v) is 6.39. The maximum atomic E-state index is 13.4. The molecule has 0 aliphatic carbocycles. The number of esters is 1. The van der Waals surface area contributed by atoms with Crippen LogP contribution in [0.2, 0.25) is 0 Å². The van der Waals surface area contributed by atoms with Gasteiger partial charge in [-0.15, -0.1) is 0 Å². The van der Waals surface area contributed by atoms with Crippen LogP contribution in [-0.2, 0) is 9.53 Å². The minimum Gasteiger partial charge on any atom is -0.469 e. The number of anilines is 1. The summed E-state index contributed by atoms with van der Waals surface area (Å²) >= 11 is 0. The van der Waals surface area contributed by atoms with Gasteiger partial charge in [-0.2, -0.15) is 0 Å². The van der Waals surface area contributed by atoms with Crippen LogP contribution in [-0.4, -0.2) is 18.0 Å². The highest BCUT2D eigenvalue weighted by molar-refractivity contribution is 5.97. The number of benzene rings is 1. The van der Waals surface area contributed by atoms with E-state index in [1.807, 2.05) is 0 Å². The minimum absolute atomic E-state index is 0.191. The predicted molar refractivity (Wildman–Crippen MR) is 73.3 cm³/mol. The van der Waals surface area contributed by atoms with E-state index in [1.165, 1.54) is 19.3 Å². The summed E-state index contributed by atoms with van der Waals surface area (Å²) in [5.41, 5.74) is -0.135. The molecule has 1 atom stereocenters. The van der Waals surface area contributed by atoms with E-state index >= 15 is 0 Å². The Kier molecular flexibility index (Phi) is 4.55. The Morgan fingerprint density at radius 3 is 2.64 bits per heavy atom. The van der Waals surface area contributed by atoms with E-state index in [1.54, 1.807) is 6.92 Å². The molecule has 0 aliphatic rings. The first-order chi connectivity index (χ1) is 10.4. The average Bonchev–Trinajstić information content (AvgIpc) is 2.89. The number of carbonyl (C=O) groups is 2. The first-order valence-electron chi connectivity index (χ1n) is 6.39. The van der Waals surface area contributed by atoms with E-state index in [9.17, 15) is 18.4 Å². The zero-order valence-electron chi connectivity index (χ0n) is 11.9. The Morgan fingerprint density at radius 1 is 1.27 bits per heavy atom. The van der Waals surface area contributed by atoms with Crippen molar-refractivity contribution in [3.63, 3.8) is 0 Å². The van der Waals surface area contributed by atoms with Crippen LogP contribution in [0.15, 0.2) is 34.9 Å². The van der Waals surface area contributed by atoms with Crippen molar-refractivity contribution in [1.29, 1.82) is 0 Å². The summed E-state index contributed by atoms with van der Waals surface area (Å²) < 4.78 is 36.4. The zero-order valence-corrected chi connectivity index (χ0v) is 11.9. The average molecular weight is 309 g/mol. The Hall–Kier alpha value is -2.70. The van der Waals surface area contributed by atoms with Gasteiger partial charge < -0.3 is 14.5 Å². The van der Waals surface area contributed by atoms with Gasteiger partial charge in [0.2, 0.25) is 0 Å². The van der Waals surface area contributed by atoms with E-state index in [4.69, 9.17) is 9.15 Å². The molecule has 0 saturated carbocycles. The molecule has 1 aromatic heterocycles.